The average Bonchev–Trinajstić information content (AvgIpc) is 2.12. The third-order valence-electron chi connectivity index (χ3n) is 1.78. The molecule has 4 nitrogen and oxygen atoms in total. The molecule has 1 rings (SSSR count). The Bertz CT molecular complexity index is 173. The van der Waals surface area contributed by atoms with Gasteiger partial charge in [-0.15, -0.1) is 12.4 Å². The summed E-state index contributed by atoms with van der Waals surface area (Å²) in [6, 6.07) is 0.153. The lowest BCUT2D eigenvalue weighted by atomic mass is 10.0. The lowest BCUT2D eigenvalue weighted by molar-refractivity contribution is 0.455. The fourth-order valence-corrected chi connectivity index (χ4v) is 1.28. The summed E-state index contributed by atoms with van der Waals surface area (Å²) >= 11 is 0. The van der Waals surface area contributed by atoms with E-state index in [1.54, 1.807) is 0 Å². The van der Waals surface area contributed by atoms with Crippen LogP contribution in [0.1, 0.15) is 20.3 Å². The van der Waals surface area contributed by atoms with E-state index in [2.05, 4.69) is 29.2 Å². The summed E-state index contributed by atoms with van der Waals surface area (Å²) < 4.78 is 0. The summed E-state index contributed by atoms with van der Waals surface area (Å²) in [5.41, 5.74) is 8.28. The Balaban J connectivity index is 0.000001000. The molecule has 1 atom stereocenters. The van der Waals surface area contributed by atoms with E-state index in [4.69, 9.17) is 5.53 Å². The molecule has 0 bridgehead atoms. The first-order valence-corrected chi connectivity index (χ1v) is 3.43. The molecule has 1 heterocycles. The molecule has 0 aromatic carbocycles. The zero-order chi connectivity index (χ0) is 7.61. The minimum Gasteiger partial charge on any atom is -0.311 e. The normalized spacial score (nSPS) is 26.9. The van der Waals surface area contributed by atoms with Gasteiger partial charge in [0.15, 0.2) is 0 Å². The number of hydrogen-bond donors (Lipinski definition) is 1. The molecule has 0 aromatic heterocycles. The van der Waals surface area contributed by atoms with Crippen molar-refractivity contribution in [3.8, 4) is 0 Å². The molecule has 0 spiro atoms. The van der Waals surface area contributed by atoms with Crippen LogP contribution in [0.15, 0.2) is 5.11 Å². The van der Waals surface area contributed by atoms with Gasteiger partial charge in [0, 0.05) is 17.0 Å². The maximum Gasteiger partial charge on any atom is 0.0516 e. The maximum atomic E-state index is 8.13. The quantitative estimate of drug-likeness (QED) is 0.370. The molecule has 1 saturated heterocycles. The highest BCUT2D eigenvalue weighted by atomic mass is 35.5. The zero-order valence-corrected chi connectivity index (χ0v) is 7.56. The predicted molar refractivity (Wildman–Crippen MR) is 46.9 cm³/mol. The van der Waals surface area contributed by atoms with Crippen molar-refractivity contribution >= 4 is 12.4 Å². The van der Waals surface area contributed by atoms with E-state index >= 15 is 0 Å². The number of rotatable bonds is 1. The Morgan fingerprint density at radius 2 is 2.27 bits per heavy atom. The van der Waals surface area contributed by atoms with Crippen molar-refractivity contribution in [1.29, 1.82) is 0 Å². The largest absolute Gasteiger partial charge is 0.311 e. The van der Waals surface area contributed by atoms with E-state index in [0.29, 0.717) is 0 Å². The van der Waals surface area contributed by atoms with Gasteiger partial charge >= 0.3 is 0 Å². The Labute approximate surface area is 72.4 Å². The van der Waals surface area contributed by atoms with Crippen LogP contribution in [0.2, 0.25) is 0 Å². The molecule has 1 unspecified atom stereocenters. The lowest BCUT2D eigenvalue weighted by Gasteiger charge is -2.16. The second-order valence-electron chi connectivity index (χ2n) is 3.33. The maximum absolute atomic E-state index is 8.13. The second kappa shape index (κ2) is 3.81. The Morgan fingerprint density at radius 1 is 1.64 bits per heavy atom. The first-order chi connectivity index (χ1) is 4.64. The topological polar surface area (TPSA) is 60.8 Å². The highest BCUT2D eigenvalue weighted by Gasteiger charge is 2.29. The highest BCUT2D eigenvalue weighted by Crippen LogP contribution is 2.19. The first-order valence-electron chi connectivity index (χ1n) is 3.43. The second-order valence-corrected chi connectivity index (χ2v) is 3.33. The molecule has 1 aliphatic rings. The molecular formula is C6H13ClN4. The number of hydrogen-bond acceptors (Lipinski definition) is 2. The van der Waals surface area contributed by atoms with Gasteiger partial charge in [-0.2, -0.15) is 0 Å². The van der Waals surface area contributed by atoms with Crippen molar-refractivity contribution in [3.05, 3.63) is 10.4 Å². The van der Waals surface area contributed by atoms with Crippen molar-refractivity contribution < 1.29 is 0 Å². The van der Waals surface area contributed by atoms with Crippen molar-refractivity contribution in [1.82, 2.24) is 5.32 Å². The standard InChI is InChI=1S/C6H12N4.ClH/c1-6(2)3-5(4-8-6)9-10-7;/h5,8H,3-4H2,1-2H3;1H. The fraction of sp³-hybridized carbons (Fsp3) is 1.00. The van der Waals surface area contributed by atoms with Crippen LogP contribution in [0.4, 0.5) is 0 Å². The van der Waals surface area contributed by atoms with E-state index in [-0.39, 0.29) is 24.0 Å². The minimum atomic E-state index is 0. The zero-order valence-electron chi connectivity index (χ0n) is 6.74. The minimum absolute atomic E-state index is 0. The Kier molecular flexibility index (Phi) is 3.66. The van der Waals surface area contributed by atoms with E-state index < -0.39 is 0 Å². The van der Waals surface area contributed by atoms with Crippen LogP contribution in [0.3, 0.4) is 0 Å². The van der Waals surface area contributed by atoms with Crippen molar-refractivity contribution in [2.24, 2.45) is 5.11 Å². The van der Waals surface area contributed by atoms with Gasteiger partial charge in [0.05, 0.1) is 6.04 Å². The SMILES string of the molecule is CC1(C)CC(N=[N+]=[N-])CN1.Cl. The van der Waals surface area contributed by atoms with Gasteiger partial charge in [-0.05, 0) is 25.8 Å². The van der Waals surface area contributed by atoms with Gasteiger partial charge in [0.2, 0.25) is 0 Å². The van der Waals surface area contributed by atoms with Crippen LogP contribution in [0.25, 0.3) is 10.4 Å². The van der Waals surface area contributed by atoms with Crippen molar-refractivity contribution in [2.45, 2.75) is 31.8 Å². The van der Waals surface area contributed by atoms with E-state index in [0.717, 1.165) is 13.0 Å². The first kappa shape index (κ1) is 10.6. The number of nitrogens with one attached hydrogen (secondary N) is 1. The van der Waals surface area contributed by atoms with Gasteiger partial charge in [-0.3, -0.25) is 0 Å². The van der Waals surface area contributed by atoms with Crippen LogP contribution >= 0.6 is 12.4 Å². The summed E-state index contributed by atoms with van der Waals surface area (Å²) in [6.07, 6.45) is 0.942. The van der Waals surface area contributed by atoms with E-state index in [1.807, 2.05) is 0 Å². The molecule has 64 valence electrons. The summed E-state index contributed by atoms with van der Waals surface area (Å²) in [6.45, 7) is 5.04. The van der Waals surface area contributed by atoms with Crippen LogP contribution < -0.4 is 5.32 Å². The van der Waals surface area contributed by atoms with Crippen LogP contribution in [0.5, 0.6) is 0 Å². The molecule has 0 aromatic rings. The fourth-order valence-electron chi connectivity index (χ4n) is 1.28. The summed E-state index contributed by atoms with van der Waals surface area (Å²) in [4.78, 5) is 2.77. The smallest absolute Gasteiger partial charge is 0.0516 e. The van der Waals surface area contributed by atoms with Gasteiger partial charge in [-0.1, -0.05) is 5.11 Å². The third-order valence-corrected chi connectivity index (χ3v) is 1.78. The molecular weight excluding hydrogens is 164 g/mol. The van der Waals surface area contributed by atoms with Gasteiger partial charge < -0.3 is 5.32 Å². The molecule has 0 radical (unpaired) electrons. The summed E-state index contributed by atoms with van der Waals surface area (Å²) in [5, 5.41) is 6.90. The Hall–Kier alpha value is -0.440. The van der Waals surface area contributed by atoms with Gasteiger partial charge in [0.1, 0.15) is 0 Å². The molecule has 5 heteroatoms. The van der Waals surface area contributed by atoms with Crippen molar-refractivity contribution in [2.75, 3.05) is 6.54 Å². The third kappa shape index (κ3) is 2.97. The van der Waals surface area contributed by atoms with Crippen molar-refractivity contribution in [3.63, 3.8) is 0 Å². The van der Waals surface area contributed by atoms with E-state index in [9.17, 15) is 0 Å². The van der Waals surface area contributed by atoms with Gasteiger partial charge in [-0.25, -0.2) is 0 Å². The highest BCUT2D eigenvalue weighted by molar-refractivity contribution is 5.85. The number of halogens is 1. The summed E-state index contributed by atoms with van der Waals surface area (Å²) in [5.74, 6) is 0. The molecule has 1 aliphatic heterocycles. The summed E-state index contributed by atoms with van der Waals surface area (Å²) in [7, 11) is 0. The molecule has 0 amide bonds. The molecule has 1 N–H and O–H groups in total. The Morgan fingerprint density at radius 3 is 2.64 bits per heavy atom. The average molecular weight is 177 g/mol. The van der Waals surface area contributed by atoms with Crippen LogP contribution in [-0.4, -0.2) is 18.1 Å². The van der Waals surface area contributed by atoms with Crippen LogP contribution in [0, 0.1) is 0 Å². The lowest BCUT2D eigenvalue weighted by Crippen LogP contribution is -2.31. The van der Waals surface area contributed by atoms with E-state index in [1.165, 1.54) is 0 Å². The number of nitrogens with zero attached hydrogens (tertiary/aromatic N) is 3. The predicted octanol–water partition coefficient (Wildman–Crippen LogP) is 1.86. The monoisotopic (exact) mass is 176 g/mol. The molecule has 11 heavy (non-hydrogen) atoms. The molecule has 0 aliphatic carbocycles. The molecule has 0 saturated carbocycles. The van der Waals surface area contributed by atoms with Crippen LogP contribution in [-0.2, 0) is 0 Å². The van der Waals surface area contributed by atoms with Gasteiger partial charge in [0.25, 0.3) is 0 Å². The number of azide groups is 1. The molecule has 1 fully saturated rings.